The van der Waals surface area contributed by atoms with E-state index in [2.05, 4.69) is 0 Å². The van der Waals surface area contributed by atoms with Crippen LogP contribution in [-0.2, 0) is 4.74 Å². The minimum Gasteiger partial charge on any atom is -0.450 e. The molecule has 0 heterocycles. The predicted octanol–water partition coefficient (Wildman–Crippen LogP) is 2.51. The van der Waals surface area contributed by atoms with Gasteiger partial charge in [0, 0.05) is 13.6 Å². The van der Waals surface area contributed by atoms with E-state index < -0.39 is 0 Å². The molecule has 0 aromatic heterocycles. The molecule has 3 atom stereocenters. The molecular weight excluding hydrogens is 190 g/mol. The normalized spacial score (nSPS) is 33.1. The van der Waals surface area contributed by atoms with Gasteiger partial charge in [0.15, 0.2) is 0 Å². The van der Waals surface area contributed by atoms with E-state index in [-0.39, 0.29) is 6.09 Å². The lowest BCUT2D eigenvalue weighted by Gasteiger charge is -2.26. The van der Waals surface area contributed by atoms with Gasteiger partial charge in [-0.2, -0.15) is 0 Å². The van der Waals surface area contributed by atoms with Gasteiger partial charge in [0.2, 0.25) is 0 Å². The van der Waals surface area contributed by atoms with Crippen molar-refractivity contribution in [2.45, 2.75) is 32.6 Å². The smallest absolute Gasteiger partial charge is 0.409 e. The van der Waals surface area contributed by atoms with E-state index in [1.165, 1.54) is 25.7 Å². The van der Waals surface area contributed by atoms with E-state index in [0.29, 0.717) is 6.61 Å². The second kappa shape index (κ2) is 4.42. The molecule has 2 aliphatic carbocycles. The van der Waals surface area contributed by atoms with E-state index in [1.807, 2.05) is 14.0 Å². The van der Waals surface area contributed by atoms with Gasteiger partial charge in [-0.15, -0.1) is 0 Å². The Bertz CT molecular complexity index is 242. The average Bonchev–Trinajstić information content (AvgIpc) is 2.79. The quantitative estimate of drug-likeness (QED) is 0.718. The van der Waals surface area contributed by atoms with Crippen LogP contribution >= 0.6 is 0 Å². The molecule has 2 rings (SSSR count). The Morgan fingerprint density at radius 1 is 1.40 bits per heavy atom. The van der Waals surface area contributed by atoms with Gasteiger partial charge >= 0.3 is 6.09 Å². The SMILES string of the molecule is CCOC(=O)N(C)CC1CC2CCC1C2. The van der Waals surface area contributed by atoms with Crippen LogP contribution in [0.15, 0.2) is 0 Å². The van der Waals surface area contributed by atoms with Crippen molar-refractivity contribution >= 4 is 6.09 Å². The monoisotopic (exact) mass is 211 g/mol. The molecule has 86 valence electrons. The minimum atomic E-state index is -0.166. The lowest BCUT2D eigenvalue weighted by atomic mass is 9.88. The van der Waals surface area contributed by atoms with Gasteiger partial charge in [-0.1, -0.05) is 6.42 Å². The summed E-state index contributed by atoms with van der Waals surface area (Å²) in [5.74, 6) is 2.57. The Hall–Kier alpha value is -0.730. The Morgan fingerprint density at radius 3 is 2.73 bits per heavy atom. The number of carbonyl (C=O) groups is 1. The molecule has 2 saturated carbocycles. The van der Waals surface area contributed by atoms with Crippen LogP contribution in [0.25, 0.3) is 0 Å². The summed E-state index contributed by atoms with van der Waals surface area (Å²) in [5.41, 5.74) is 0. The molecule has 3 unspecified atom stereocenters. The van der Waals surface area contributed by atoms with Gasteiger partial charge in [0.1, 0.15) is 0 Å². The summed E-state index contributed by atoms with van der Waals surface area (Å²) in [4.78, 5) is 13.2. The molecule has 2 fully saturated rings. The maximum Gasteiger partial charge on any atom is 0.409 e. The Balaban J connectivity index is 1.79. The molecule has 0 saturated heterocycles. The van der Waals surface area contributed by atoms with E-state index in [0.717, 1.165) is 24.3 Å². The zero-order valence-corrected chi connectivity index (χ0v) is 9.74. The standard InChI is InChI=1S/C12H21NO2/c1-3-15-12(14)13(2)8-11-7-9-4-5-10(11)6-9/h9-11H,3-8H2,1-2H3. The molecule has 0 spiro atoms. The molecule has 2 bridgehead atoms. The van der Waals surface area contributed by atoms with Crippen molar-refractivity contribution < 1.29 is 9.53 Å². The van der Waals surface area contributed by atoms with Crippen molar-refractivity contribution in [3.05, 3.63) is 0 Å². The number of hydrogen-bond donors (Lipinski definition) is 0. The van der Waals surface area contributed by atoms with Gasteiger partial charge in [-0.25, -0.2) is 4.79 Å². The summed E-state index contributed by atoms with van der Waals surface area (Å²) in [6.07, 6.45) is 5.37. The summed E-state index contributed by atoms with van der Waals surface area (Å²) < 4.78 is 4.98. The molecule has 0 aromatic carbocycles. The number of carbonyl (C=O) groups excluding carboxylic acids is 1. The molecule has 0 aromatic rings. The molecular formula is C12H21NO2. The average molecular weight is 211 g/mol. The highest BCUT2D eigenvalue weighted by Gasteiger charge is 2.40. The first kappa shape index (κ1) is 10.8. The first-order valence-corrected chi connectivity index (χ1v) is 6.08. The van der Waals surface area contributed by atoms with Gasteiger partial charge in [0.05, 0.1) is 6.61 Å². The third-order valence-electron chi connectivity index (χ3n) is 3.97. The molecule has 0 aliphatic heterocycles. The van der Waals surface area contributed by atoms with Crippen LogP contribution in [0, 0.1) is 17.8 Å². The minimum absolute atomic E-state index is 0.166. The van der Waals surface area contributed by atoms with Crippen LogP contribution in [0.3, 0.4) is 0 Å². The summed E-state index contributed by atoms with van der Waals surface area (Å²) in [6.45, 7) is 3.21. The first-order valence-electron chi connectivity index (χ1n) is 6.08. The fraction of sp³-hybridized carbons (Fsp3) is 0.917. The van der Waals surface area contributed by atoms with E-state index in [4.69, 9.17) is 4.74 Å². The Labute approximate surface area is 91.8 Å². The fourth-order valence-electron chi connectivity index (χ4n) is 3.26. The molecule has 2 aliphatic rings. The highest BCUT2D eigenvalue weighted by atomic mass is 16.5. The highest BCUT2D eigenvalue weighted by Crippen LogP contribution is 2.48. The lowest BCUT2D eigenvalue weighted by molar-refractivity contribution is 0.105. The number of ether oxygens (including phenoxy) is 1. The van der Waals surface area contributed by atoms with Crippen LogP contribution < -0.4 is 0 Å². The van der Waals surface area contributed by atoms with Gasteiger partial charge in [-0.3, -0.25) is 0 Å². The van der Waals surface area contributed by atoms with Crippen LogP contribution in [0.5, 0.6) is 0 Å². The number of nitrogens with zero attached hydrogens (tertiary/aromatic N) is 1. The Kier molecular flexibility index (Phi) is 3.17. The highest BCUT2D eigenvalue weighted by molar-refractivity contribution is 5.67. The van der Waals surface area contributed by atoms with Gasteiger partial charge < -0.3 is 9.64 Å². The van der Waals surface area contributed by atoms with Crippen molar-refractivity contribution in [2.24, 2.45) is 17.8 Å². The maximum atomic E-state index is 11.4. The van der Waals surface area contributed by atoms with E-state index in [9.17, 15) is 4.79 Å². The van der Waals surface area contributed by atoms with Crippen molar-refractivity contribution in [3.63, 3.8) is 0 Å². The number of hydrogen-bond acceptors (Lipinski definition) is 2. The molecule has 3 nitrogen and oxygen atoms in total. The summed E-state index contributed by atoms with van der Waals surface area (Å²) >= 11 is 0. The molecule has 3 heteroatoms. The van der Waals surface area contributed by atoms with Gasteiger partial charge in [0.25, 0.3) is 0 Å². The van der Waals surface area contributed by atoms with Crippen LogP contribution in [-0.4, -0.2) is 31.2 Å². The van der Waals surface area contributed by atoms with Crippen molar-refractivity contribution in [1.82, 2.24) is 4.90 Å². The van der Waals surface area contributed by atoms with Crippen molar-refractivity contribution in [3.8, 4) is 0 Å². The van der Waals surface area contributed by atoms with Crippen molar-refractivity contribution in [2.75, 3.05) is 20.2 Å². The second-order valence-corrected chi connectivity index (χ2v) is 5.01. The van der Waals surface area contributed by atoms with E-state index in [1.54, 1.807) is 4.90 Å². The molecule has 0 N–H and O–H groups in total. The lowest BCUT2D eigenvalue weighted by Crippen LogP contribution is -2.34. The topological polar surface area (TPSA) is 29.5 Å². The number of rotatable bonds is 3. The van der Waals surface area contributed by atoms with Gasteiger partial charge in [-0.05, 0) is 43.9 Å². The Morgan fingerprint density at radius 2 is 2.20 bits per heavy atom. The molecule has 0 radical (unpaired) electrons. The van der Waals surface area contributed by atoms with Crippen LogP contribution in [0.1, 0.15) is 32.6 Å². The largest absolute Gasteiger partial charge is 0.450 e. The zero-order valence-electron chi connectivity index (χ0n) is 9.74. The number of fused-ring (bicyclic) bond motifs is 2. The first-order chi connectivity index (χ1) is 7.20. The summed E-state index contributed by atoms with van der Waals surface area (Å²) in [6, 6.07) is 0. The number of amides is 1. The third kappa shape index (κ3) is 2.27. The maximum absolute atomic E-state index is 11.4. The zero-order chi connectivity index (χ0) is 10.8. The summed E-state index contributed by atoms with van der Waals surface area (Å²) in [5, 5.41) is 0. The van der Waals surface area contributed by atoms with E-state index >= 15 is 0 Å². The van der Waals surface area contributed by atoms with Crippen LogP contribution in [0.2, 0.25) is 0 Å². The van der Waals surface area contributed by atoms with Crippen molar-refractivity contribution in [1.29, 1.82) is 0 Å². The second-order valence-electron chi connectivity index (χ2n) is 5.01. The molecule has 1 amide bonds. The summed E-state index contributed by atoms with van der Waals surface area (Å²) in [7, 11) is 1.85. The predicted molar refractivity (Wildman–Crippen MR) is 58.6 cm³/mol. The van der Waals surface area contributed by atoms with Crippen LogP contribution in [0.4, 0.5) is 4.79 Å². The third-order valence-corrected chi connectivity index (χ3v) is 3.97. The molecule has 15 heavy (non-hydrogen) atoms. The fourth-order valence-corrected chi connectivity index (χ4v) is 3.26.